The number of aliphatic hydroxyl groups is 1. The zero-order chi connectivity index (χ0) is 32.5. The van der Waals surface area contributed by atoms with Crippen molar-refractivity contribution in [1.29, 1.82) is 0 Å². The van der Waals surface area contributed by atoms with Gasteiger partial charge in [-0.25, -0.2) is 0 Å². The van der Waals surface area contributed by atoms with Crippen LogP contribution in [0.3, 0.4) is 0 Å². The molecule has 0 bridgehead atoms. The van der Waals surface area contributed by atoms with Gasteiger partial charge in [0.15, 0.2) is 0 Å². The zero-order valence-electron chi connectivity index (χ0n) is 26.3. The van der Waals surface area contributed by atoms with Crippen LogP contribution in [-0.2, 0) is 25.6 Å². The first-order valence-corrected chi connectivity index (χ1v) is 16.7. The van der Waals surface area contributed by atoms with E-state index < -0.39 is 11.6 Å². The van der Waals surface area contributed by atoms with E-state index >= 15 is 0 Å². The fourth-order valence-corrected chi connectivity index (χ4v) is 7.04. The van der Waals surface area contributed by atoms with E-state index in [-0.39, 0.29) is 62.3 Å². The minimum absolute atomic E-state index is 0.00256. The molecule has 2 heterocycles. The van der Waals surface area contributed by atoms with Crippen LogP contribution in [0.1, 0.15) is 50.5 Å². The molecule has 5 rings (SSSR count). The van der Waals surface area contributed by atoms with Crippen molar-refractivity contribution < 1.29 is 24.3 Å². The topological polar surface area (TPSA) is 134 Å². The molecule has 3 fully saturated rings. The van der Waals surface area contributed by atoms with E-state index in [2.05, 4.69) is 20.9 Å². The van der Waals surface area contributed by atoms with Gasteiger partial charge >= 0.3 is 0 Å². The van der Waals surface area contributed by atoms with Crippen molar-refractivity contribution in [2.45, 2.75) is 69.0 Å². The molecule has 2 aromatic carbocycles. The van der Waals surface area contributed by atoms with E-state index in [1.807, 2.05) is 42.5 Å². The zero-order valence-corrected chi connectivity index (χ0v) is 27.0. The summed E-state index contributed by atoms with van der Waals surface area (Å²) in [5.74, 6) is -0.797. The van der Waals surface area contributed by atoms with Crippen LogP contribution in [0.25, 0.3) is 0 Å². The maximum absolute atomic E-state index is 14.2. The van der Waals surface area contributed by atoms with Crippen LogP contribution >= 0.6 is 11.6 Å². The number of carbonyl (C=O) groups excluding carboxylic acids is 4. The maximum atomic E-state index is 14.2. The van der Waals surface area contributed by atoms with Gasteiger partial charge in [0.2, 0.25) is 17.7 Å². The second-order valence-corrected chi connectivity index (χ2v) is 13.0. The maximum Gasteiger partial charge on any atom is 0.250 e. The molecule has 1 saturated carbocycles. The summed E-state index contributed by atoms with van der Waals surface area (Å²) in [7, 11) is 0. The summed E-state index contributed by atoms with van der Waals surface area (Å²) in [5, 5.41) is 18.5. The fourth-order valence-electron chi connectivity index (χ4n) is 6.92. The van der Waals surface area contributed by atoms with Crippen molar-refractivity contribution in [2.75, 3.05) is 50.9 Å². The SMILES string of the molecule is O=C(CN1CN(c2ccccc2)C2(CCN(C(=O)[C@@H](Cc3ccc(Cl)cc3)NC(=O)CNCCO)CC2)C1=O)NC1CCCCC1. The quantitative estimate of drug-likeness (QED) is 0.258. The fraction of sp³-hybridized carbons (Fsp3) is 0.529. The summed E-state index contributed by atoms with van der Waals surface area (Å²) in [4.78, 5) is 59.3. The van der Waals surface area contributed by atoms with E-state index in [0.29, 0.717) is 37.6 Å². The van der Waals surface area contributed by atoms with Gasteiger partial charge in [0.1, 0.15) is 18.1 Å². The summed E-state index contributed by atoms with van der Waals surface area (Å²) in [6.45, 7) is 1.09. The third-order valence-corrected chi connectivity index (χ3v) is 9.60. The molecule has 1 spiro atoms. The van der Waals surface area contributed by atoms with E-state index in [9.17, 15) is 19.2 Å². The van der Waals surface area contributed by atoms with Gasteiger partial charge in [0, 0.05) is 42.8 Å². The number of hydrogen-bond donors (Lipinski definition) is 4. The first-order chi connectivity index (χ1) is 22.3. The molecule has 46 heavy (non-hydrogen) atoms. The van der Waals surface area contributed by atoms with Crippen molar-refractivity contribution in [2.24, 2.45) is 0 Å². The Hall–Kier alpha value is -3.67. The highest BCUT2D eigenvalue weighted by Gasteiger charge is 2.54. The van der Waals surface area contributed by atoms with Gasteiger partial charge in [-0.05, 0) is 55.5 Å². The monoisotopic (exact) mass is 652 g/mol. The first-order valence-electron chi connectivity index (χ1n) is 16.3. The Labute approximate surface area is 275 Å². The molecule has 1 atom stereocenters. The van der Waals surface area contributed by atoms with Crippen LogP contribution < -0.4 is 20.9 Å². The minimum atomic E-state index is -0.883. The standard InChI is InChI=1S/C34H45ClN6O5/c35-26-13-11-25(12-14-26)21-29(38-30(43)22-36-17-20-42)32(45)39-18-15-34(16-19-39)33(46)40(24-41(34)28-9-5-2-6-10-28)23-31(44)37-27-7-3-1-4-8-27/h2,5-6,9-14,27,29,36,42H,1,3-4,7-8,15-24H2,(H,37,44)(H,38,43)/t29-/m1/s1. The number of likely N-dealkylation sites (tertiary alicyclic amines) is 1. The van der Waals surface area contributed by atoms with Gasteiger partial charge in [-0.3, -0.25) is 19.2 Å². The van der Waals surface area contributed by atoms with Gasteiger partial charge in [0.25, 0.3) is 5.91 Å². The molecular formula is C34H45ClN6O5. The lowest BCUT2D eigenvalue weighted by Gasteiger charge is -2.44. The summed E-state index contributed by atoms with van der Waals surface area (Å²) >= 11 is 6.07. The molecule has 4 amide bonds. The van der Waals surface area contributed by atoms with Gasteiger partial charge in [-0.15, -0.1) is 0 Å². The lowest BCUT2D eigenvalue weighted by molar-refractivity contribution is -0.141. The molecule has 2 aliphatic heterocycles. The average Bonchev–Trinajstić information content (AvgIpc) is 3.32. The number of nitrogens with zero attached hydrogens (tertiary/aromatic N) is 3. The molecule has 4 N–H and O–H groups in total. The molecule has 2 saturated heterocycles. The van der Waals surface area contributed by atoms with Crippen molar-refractivity contribution in [3.8, 4) is 0 Å². The molecule has 0 unspecified atom stereocenters. The van der Waals surface area contributed by atoms with E-state index in [4.69, 9.17) is 16.7 Å². The lowest BCUT2D eigenvalue weighted by atomic mass is 9.85. The van der Waals surface area contributed by atoms with E-state index in [1.165, 1.54) is 6.42 Å². The highest BCUT2D eigenvalue weighted by atomic mass is 35.5. The highest BCUT2D eigenvalue weighted by Crippen LogP contribution is 2.39. The van der Waals surface area contributed by atoms with E-state index in [0.717, 1.165) is 36.9 Å². The molecule has 12 heteroatoms. The number of hydrogen-bond acceptors (Lipinski definition) is 7. The van der Waals surface area contributed by atoms with Gasteiger partial charge in [-0.1, -0.05) is 61.2 Å². The van der Waals surface area contributed by atoms with Crippen LogP contribution in [0, 0.1) is 0 Å². The number of piperidine rings is 1. The Kier molecular flexibility index (Phi) is 11.5. The number of anilines is 1. The van der Waals surface area contributed by atoms with Crippen LogP contribution in [0.4, 0.5) is 5.69 Å². The Morgan fingerprint density at radius 3 is 2.33 bits per heavy atom. The predicted octanol–water partition coefficient (Wildman–Crippen LogP) is 2.07. The molecule has 248 valence electrons. The summed E-state index contributed by atoms with van der Waals surface area (Å²) in [5.41, 5.74) is 0.865. The number of nitrogens with one attached hydrogen (secondary N) is 3. The highest BCUT2D eigenvalue weighted by molar-refractivity contribution is 6.30. The predicted molar refractivity (Wildman–Crippen MR) is 176 cm³/mol. The van der Waals surface area contributed by atoms with Crippen LogP contribution in [0.5, 0.6) is 0 Å². The molecular weight excluding hydrogens is 608 g/mol. The van der Waals surface area contributed by atoms with E-state index in [1.54, 1.807) is 21.9 Å². The third kappa shape index (κ3) is 8.18. The van der Waals surface area contributed by atoms with Crippen LogP contribution in [0.2, 0.25) is 5.02 Å². The molecule has 0 radical (unpaired) electrons. The normalized spacial score (nSPS) is 18.9. The van der Waals surface area contributed by atoms with Crippen molar-refractivity contribution in [1.82, 2.24) is 25.8 Å². The lowest BCUT2D eigenvalue weighted by Crippen LogP contribution is -2.60. The van der Waals surface area contributed by atoms with Gasteiger partial charge in [0.05, 0.1) is 19.8 Å². The average molecular weight is 653 g/mol. The molecule has 2 aromatic rings. The largest absolute Gasteiger partial charge is 0.395 e. The summed E-state index contributed by atoms with van der Waals surface area (Å²) in [6, 6.07) is 16.3. The second-order valence-electron chi connectivity index (χ2n) is 12.5. The molecule has 3 aliphatic rings. The smallest absolute Gasteiger partial charge is 0.250 e. The number of amides is 4. The number of benzene rings is 2. The third-order valence-electron chi connectivity index (χ3n) is 9.35. The van der Waals surface area contributed by atoms with Crippen LogP contribution in [-0.4, -0.2) is 102 Å². The van der Waals surface area contributed by atoms with Crippen molar-refractivity contribution in [3.05, 3.63) is 65.2 Å². The number of rotatable bonds is 12. The Balaban J connectivity index is 1.29. The second kappa shape index (κ2) is 15.8. The summed E-state index contributed by atoms with van der Waals surface area (Å²) in [6.07, 6.45) is 6.44. The number of para-hydroxylation sites is 1. The Morgan fingerprint density at radius 2 is 1.65 bits per heavy atom. The Bertz CT molecular complexity index is 1350. The molecule has 1 aliphatic carbocycles. The molecule has 11 nitrogen and oxygen atoms in total. The van der Waals surface area contributed by atoms with Gasteiger partial charge < -0.3 is 35.8 Å². The number of halogens is 1. The number of aliphatic hydroxyl groups excluding tert-OH is 1. The molecule has 0 aromatic heterocycles. The van der Waals surface area contributed by atoms with Crippen molar-refractivity contribution >= 4 is 40.9 Å². The minimum Gasteiger partial charge on any atom is -0.395 e. The first kappa shape index (κ1) is 33.7. The van der Waals surface area contributed by atoms with Crippen molar-refractivity contribution in [3.63, 3.8) is 0 Å². The van der Waals surface area contributed by atoms with Crippen LogP contribution in [0.15, 0.2) is 54.6 Å². The Morgan fingerprint density at radius 1 is 0.957 bits per heavy atom. The summed E-state index contributed by atoms with van der Waals surface area (Å²) < 4.78 is 0. The van der Waals surface area contributed by atoms with Gasteiger partial charge in [-0.2, -0.15) is 0 Å². The number of carbonyl (C=O) groups is 4.